The van der Waals surface area contributed by atoms with Crippen molar-refractivity contribution in [2.75, 3.05) is 0 Å². The summed E-state index contributed by atoms with van der Waals surface area (Å²) in [7, 11) is 0. The van der Waals surface area contributed by atoms with Crippen molar-refractivity contribution >= 4 is 5.91 Å². The minimum Gasteiger partial charge on any atom is -0.476 e. The number of fused-ring (bicyclic) bond motifs is 1. The normalized spacial score (nSPS) is 25.5. The molecule has 2 N–H and O–H groups in total. The summed E-state index contributed by atoms with van der Waals surface area (Å²) in [6, 6.07) is 0. The van der Waals surface area contributed by atoms with E-state index in [9.17, 15) is 4.79 Å². The Labute approximate surface area is 70.2 Å². The van der Waals surface area contributed by atoms with Crippen LogP contribution in [0.15, 0.2) is 35.6 Å². The third kappa shape index (κ3) is 1.03. The molecule has 0 bridgehead atoms. The Morgan fingerprint density at radius 3 is 3.17 bits per heavy atom. The van der Waals surface area contributed by atoms with E-state index in [2.05, 4.69) is 0 Å². The molecule has 1 aliphatic heterocycles. The summed E-state index contributed by atoms with van der Waals surface area (Å²) in [5, 5.41) is 0. The minimum absolute atomic E-state index is 0.433. The van der Waals surface area contributed by atoms with Crippen LogP contribution in [0.2, 0.25) is 0 Å². The first-order valence-electron chi connectivity index (χ1n) is 3.81. The standard InChI is InChI=1S/C9H9NO2/c10-9(11)8-5-6-3-1-2-4-7(6)12-8/h1-2,4-5,8H,3H2,(H2,10,11). The van der Waals surface area contributed by atoms with Crippen LogP contribution in [0.4, 0.5) is 0 Å². The van der Waals surface area contributed by atoms with Crippen LogP contribution in [0.25, 0.3) is 0 Å². The highest BCUT2D eigenvalue weighted by atomic mass is 16.5. The lowest BCUT2D eigenvalue weighted by Crippen LogP contribution is -2.26. The van der Waals surface area contributed by atoms with E-state index in [0.29, 0.717) is 0 Å². The van der Waals surface area contributed by atoms with Gasteiger partial charge < -0.3 is 10.5 Å². The molecule has 3 nitrogen and oxygen atoms in total. The van der Waals surface area contributed by atoms with Crippen molar-refractivity contribution in [3.05, 3.63) is 35.6 Å². The Hall–Kier alpha value is -1.51. The fourth-order valence-corrected chi connectivity index (χ4v) is 1.32. The number of carbonyl (C=O) groups excluding carboxylic acids is 1. The Balaban J connectivity index is 2.25. The van der Waals surface area contributed by atoms with Crippen molar-refractivity contribution < 1.29 is 9.53 Å². The van der Waals surface area contributed by atoms with E-state index >= 15 is 0 Å². The van der Waals surface area contributed by atoms with Gasteiger partial charge in [-0.1, -0.05) is 12.2 Å². The average molecular weight is 163 g/mol. The first-order chi connectivity index (χ1) is 5.77. The van der Waals surface area contributed by atoms with Crippen LogP contribution in [-0.4, -0.2) is 12.0 Å². The van der Waals surface area contributed by atoms with Crippen LogP contribution >= 0.6 is 0 Å². The lowest BCUT2D eigenvalue weighted by Gasteiger charge is -2.08. The first kappa shape index (κ1) is 7.16. The molecule has 62 valence electrons. The van der Waals surface area contributed by atoms with Crippen molar-refractivity contribution in [2.45, 2.75) is 12.5 Å². The molecule has 0 aromatic rings. The van der Waals surface area contributed by atoms with E-state index in [-0.39, 0.29) is 0 Å². The number of allylic oxidation sites excluding steroid dienone is 4. The van der Waals surface area contributed by atoms with Gasteiger partial charge in [-0.15, -0.1) is 0 Å². The van der Waals surface area contributed by atoms with E-state index in [1.807, 2.05) is 18.2 Å². The molecule has 2 rings (SSSR count). The lowest BCUT2D eigenvalue weighted by molar-refractivity contribution is -0.124. The molecular weight excluding hydrogens is 154 g/mol. The summed E-state index contributed by atoms with van der Waals surface area (Å²) in [6.45, 7) is 0. The van der Waals surface area contributed by atoms with Crippen LogP contribution in [0.3, 0.4) is 0 Å². The number of carbonyl (C=O) groups is 1. The van der Waals surface area contributed by atoms with E-state index in [1.165, 1.54) is 0 Å². The molecule has 0 radical (unpaired) electrons. The van der Waals surface area contributed by atoms with Crippen molar-refractivity contribution in [3.8, 4) is 0 Å². The molecule has 12 heavy (non-hydrogen) atoms. The second kappa shape index (κ2) is 2.52. The highest BCUT2D eigenvalue weighted by Gasteiger charge is 2.25. The largest absolute Gasteiger partial charge is 0.476 e. The van der Waals surface area contributed by atoms with Crippen LogP contribution in [0, 0.1) is 0 Å². The van der Waals surface area contributed by atoms with Gasteiger partial charge >= 0.3 is 0 Å². The molecule has 0 aromatic carbocycles. The van der Waals surface area contributed by atoms with Gasteiger partial charge in [0.1, 0.15) is 5.76 Å². The Morgan fingerprint density at radius 2 is 2.50 bits per heavy atom. The Bertz CT molecular complexity index is 312. The van der Waals surface area contributed by atoms with Crippen molar-refractivity contribution in [3.63, 3.8) is 0 Å². The van der Waals surface area contributed by atoms with Gasteiger partial charge in [0, 0.05) is 0 Å². The maximum atomic E-state index is 10.7. The fourth-order valence-electron chi connectivity index (χ4n) is 1.32. The SMILES string of the molecule is NC(=O)C1C=C2CC=CC=C2O1. The predicted molar refractivity (Wildman–Crippen MR) is 44.0 cm³/mol. The highest BCUT2D eigenvalue weighted by molar-refractivity contribution is 5.82. The smallest absolute Gasteiger partial charge is 0.262 e. The van der Waals surface area contributed by atoms with E-state index < -0.39 is 12.0 Å². The average Bonchev–Trinajstić information content (AvgIpc) is 2.46. The summed E-state index contributed by atoms with van der Waals surface area (Å²) < 4.78 is 5.27. The van der Waals surface area contributed by atoms with Gasteiger partial charge in [0.2, 0.25) is 0 Å². The number of nitrogens with two attached hydrogens (primary N) is 1. The third-order valence-electron chi connectivity index (χ3n) is 1.92. The lowest BCUT2D eigenvalue weighted by atomic mass is 10.1. The fraction of sp³-hybridized carbons (Fsp3) is 0.222. The summed E-state index contributed by atoms with van der Waals surface area (Å²) in [4.78, 5) is 10.7. The molecule has 3 heteroatoms. The Morgan fingerprint density at radius 1 is 1.67 bits per heavy atom. The van der Waals surface area contributed by atoms with Gasteiger partial charge in [0.25, 0.3) is 5.91 Å². The third-order valence-corrected chi connectivity index (χ3v) is 1.92. The number of ether oxygens (including phenoxy) is 1. The molecule has 2 aliphatic rings. The molecular formula is C9H9NO2. The predicted octanol–water partition coefficient (Wildman–Crippen LogP) is 0.641. The van der Waals surface area contributed by atoms with E-state index in [1.54, 1.807) is 6.08 Å². The van der Waals surface area contributed by atoms with Gasteiger partial charge in [0.15, 0.2) is 6.10 Å². The quantitative estimate of drug-likeness (QED) is 0.616. The van der Waals surface area contributed by atoms with Crippen molar-refractivity contribution in [2.24, 2.45) is 5.73 Å². The van der Waals surface area contributed by atoms with Gasteiger partial charge in [0.05, 0.1) is 0 Å². The van der Waals surface area contributed by atoms with Gasteiger partial charge in [-0.2, -0.15) is 0 Å². The molecule has 1 heterocycles. The maximum Gasteiger partial charge on any atom is 0.262 e. The maximum absolute atomic E-state index is 10.7. The zero-order valence-corrected chi connectivity index (χ0v) is 6.49. The zero-order chi connectivity index (χ0) is 8.55. The molecule has 0 saturated heterocycles. The first-order valence-corrected chi connectivity index (χ1v) is 3.81. The topological polar surface area (TPSA) is 52.3 Å². The van der Waals surface area contributed by atoms with Crippen molar-refractivity contribution in [1.29, 1.82) is 0 Å². The van der Waals surface area contributed by atoms with Gasteiger partial charge in [-0.25, -0.2) is 0 Å². The number of primary amides is 1. The highest BCUT2D eigenvalue weighted by Crippen LogP contribution is 2.28. The second-order valence-corrected chi connectivity index (χ2v) is 2.80. The van der Waals surface area contributed by atoms with E-state index in [0.717, 1.165) is 17.8 Å². The second-order valence-electron chi connectivity index (χ2n) is 2.80. The molecule has 0 fully saturated rings. The molecule has 1 unspecified atom stereocenters. The molecule has 0 saturated carbocycles. The molecule has 0 spiro atoms. The molecule has 1 aliphatic carbocycles. The van der Waals surface area contributed by atoms with E-state index in [4.69, 9.17) is 10.5 Å². The Kier molecular flexibility index (Phi) is 1.50. The minimum atomic E-state index is -0.564. The zero-order valence-electron chi connectivity index (χ0n) is 6.49. The molecule has 0 aromatic heterocycles. The van der Waals surface area contributed by atoms with Gasteiger partial charge in [-0.3, -0.25) is 4.79 Å². The van der Waals surface area contributed by atoms with Crippen molar-refractivity contribution in [1.82, 2.24) is 0 Å². The number of hydrogen-bond acceptors (Lipinski definition) is 2. The molecule has 1 amide bonds. The summed E-state index contributed by atoms with van der Waals surface area (Å²) in [5.74, 6) is 0.346. The molecule has 1 atom stereocenters. The van der Waals surface area contributed by atoms with Gasteiger partial charge in [-0.05, 0) is 24.1 Å². The monoisotopic (exact) mass is 163 g/mol. The number of rotatable bonds is 1. The van der Waals surface area contributed by atoms with Crippen LogP contribution in [-0.2, 0) is 9.53 Å². The van der Waals surface area contributed by atoms with Crippen LogP contribution in [0.5, 0.6) is 0 Å². The number of hydrogen-bond donors (Lipinski definition) is 1. The summed E-state index contributed by atoms with van der Waals surface area (Å²) in [5.41, 5.74) is 6.15. The summed E-state index contributed by atoms with van der Waals surface area (Å²) >= 11 is 0. The summed E-state index contributed by atoms with van der Waals surface area (Å²) in [6.07, 6.45) is 7.81. The number of amides is 1. The van der Waals surface area contributed by atoms with Crippen LogP contribution in [0.1, 0.15) is 6.42 Å². The van der Waals surface area contributed by atoms with Crippen LogP contribution < -0.4 is 5.73 Å².